The topological polar surface area (TPSA) is 69.6 Å². The van der Waals surface area contributed by atoms with E-state index in [0.717, 1.165) is 12.1 Å². The molecule has 136 valence electrons. The van der Waals surface area contributed by atoms with Crippen LogP contribution < -0.4 is 5.32 Å². The van der Waals surface area contributed by atoms with Gasteiger partial charge in [-0.05, 0) is 43.2 Å². The van der Waals surface area contributed by atoms with Crippen molar-refractivity contribution in [2.24, 2.45) is 0 Å². The number of phenolic OH excluding ortho intramolecular Hbond substituents is 1. The van der Waals surface area contributed by atoms with Gasteiger partial charge in [0.1, 0.15) is 17.4 Å². The lowest BCUT2D eigenvalue weighted by atomic mass is 10.0. The summed E-state index contributed by atoms with van der Waals surface area (Å²) in [5, 5.41) is 12.3. The summed E-state index contributed by atoms with van der Waals surface area (Å²) < 4.78 is 26.7. The number of nitrogens with zero attached hydrogens (tertiary/aromatic N) is 1. The molecule has 1 heterocycles. The first-order chi connectivity index (χ1) is 12.4. The van der Waals surface area contributed by atoms with Gasteiger partial charge >= 0.3 is 0 Å². The highest BCUT2D eigenvalue weighted by atomic mass is 19.1. The standard InChI is InChI=1S/C19H18F2N2O3/c20-13-4-5-16(17(21)11-13)19(26)23-8-6-14(7-9-23)22-18(25)12-2-1-3-15(24)10-12/h1-5,10-11,14,24H,6-9H2,(H,22,25). The molecule has 0 saturated carbocycles. The van der Waals surface area contributed by atoms with E-state index in [1.807, 2.05) is 0 Å². The Morgan fingerprint density at radius 1 is 1.08 bits per heavy atom. The van der Waals surface area contributed by atoms with E-state index in [1.54, 1.807) is 12.1 Å². The first-order valence-electron chi connectivity index (χ1n) is 8.28. The van der Waals surface area contributed by atoms with E-state index in [2.05, 4.69) is 5.32 Å². The summed E-state index contributed by atoms with van der Waals surface area (Å²) in [5.74, 6) is -2.38. The van der Waals surface area contributed by atoms with Crippen molar-refractivity contribution in [2.75, 3.05) is 13.1 Å². The lowest BCUT2D eigenvalue weighted by Crippen LogP contribution is -2.46. The molecule has 1 fully saturated rings. The smallest absolute Gasteiger partial charge is 0.256 e. The van der Waals surface area contributed by atoms with Gasteiger partial charge in [0.15, 0.2) is 0 Å². The van der Waals surface area contributed by atoms with E-state index in [0.29, 0.717) is 37.6 Å². The number of carbonyl (C=O) groups is 2. The van der Waals surface area contributed by atoms with Crippen molar-refractivity contribution >= 4 is 11.8 Å². The lowest BCUT2D eigenvalue weighted by molar-refractivity contribution is 0.0693. The normalized spacial score (nSPS) is 14.9. The summed E-state index contributed by atoms with van der Waals surface area (Å²) in [4.78, 5) is 26.1. The van der Waals surface area contributed by atoms with E-state index >= 15 is 0 Å². The Labute approximate surface area is 149 Å². The zero-order valence-electron chi connectivity index (χ0n) is 13.9. The molecule has 2 N–H and O–H groups in total. The molecule has 0 bridgehead atoms. The van der Waals surface area contributed by atoms with Gasteiger partial charge in [0, 0.05) is 30.8 Å². The maximum Gasteiger partial charge on any atom is 0.256 e. The third-order valence-electron chi connectivity index (χ3n) is 4.39. The van der Waals surface area contributed by atoms with Gasteiger partial charge in [-0.2, -0.15) is 0 Å². The Kier molecular flexibility index (Phi) is 5.16. The average Bonchev–Trinajstić information content (AvgIpc) is 2.62. The van der Waals surface area contributed by atoms with Crippen LogP contribution in [0.5, 0.6) is 5.75 Å². The SMILES string of the molecule is O=C(NC1CCN(C(=O)c2ccc(F)cc2F)CC1)c1cccc(O)c1. The fourth-order valence-electron chi connectivity index (χ4n) is 2.98. The molecule has 0 unspecified atom stereocenters. The molecule has 26 heavy (non-hydrogen) atoms. The minimum atomic E-state index is -0.880. The fraction of sp³-hybridized carbons (Fsp3) is 0.263. The zero-order valence-corrected chi connectivity index (χ0v) is 13.9. The Morgan fingerprint density at radius 3 is 2.46 bits per heavy atom. The Bertz CT molecular complexity index is 833. The van der Waals surface area contributed by atoms with Crippen molar-refractivity contribution in [3.8, 4) is 5.75 Å². The minimum Gasteiger partial charge on any atom is -0.508 e. The van der Waals surface area contributed by atoms with Gasteiger partial charge in [-0.25, -0.2) is 8.78 Å². The lowest BCUT2D eigenvalue weighted by Gasteiger charge is -2.32. The molecule has 2 amide bonds. The number of halogens is 2. The summed E-state index contributed by atoms with van der Waals surface area (Å²) >= 11 is 0. The van der Waals surface area contributed by atoms with Gasteiger partial charge in [0.2, 0.25) is 0 Å². The first-order valence-corrected chi connectivity index (χ1v) is 8.28. The molecule has 5 nitrogen and oxygen atoms in total. The van der Waals surface area contributed by atoms with Gasteiger partial charge in [-0.1, -0.05) is 6.07 Å². The highest BCUT2D eigenvalue weighted by molar-refractivity contribution is 5.95. The van der Waals surface area contributed by atoms with Gasteiger partial charge in [0.05, 0.1) is 5.56 Å². The second kappa shape index (κ2) is 7.51. The molecule has 7 heteroatoms. The van der Waals surface area contributed by atoms with Crippen LogP contribution >= 0.6 is 0 Å². The molecule has 0 aliphatic carbocycles. The van der Waals surface area contributed by atoms with E-state index in [4.69, 9.17) is 0 Å². The fourth-order valence-corrected chi connectivity index (χ4v) is 2.98. The van der Waals surface area contributed by atoms with Crippen molar-refractivity contribution in [3.63, 3.8) is 0 Å². The number of aromatic hydroxyl groups is 1. The molecule has 1 aliphatic heterocycles. The van der Waals surface area contributed by atoms with Crippen molar-refractivity contribution < 1.29 is 23.5 Å². The number of hydrogen-bond acceptors (Lipinski definition) is 3. The van der Waals surface area contributed by atoms with Gasteiger partial charge in [0.25, 0.3) is 11.8 Å². The Hall–Kier alpha value is -2.96. The molecule has 0 radical (unpaired) electrons. The van der Waals surface area contributed by atoms with Crippen LogP contribution in [0.1, 0.15) is 33.6 Å². The van der Waals surface area contributed by atoms with Crippen LogP contribution in [0.3, 0.4) is 0 Å². The molecule has 2 aromatic carbocycles. The molecule has 0 aromatic heterocycles. The maximum absolute atomic E-state index is 13.8. The Balaban J connectivity index is 1.57. The van der Waals surface area contributed by atoms with Crippen molar-refractivity contribution in [2.45, 2.75) is 18.9 Å². The second-order valence-electron chi connectivity index (χ2n) is 6.21. The summed E-state index contributed by atoms with van der Waals surface area (Å²) in [6, 6.07) is 8.82. The molecule has 0 spiro atoms. The third kappa shape index (κ3) is 3.99. The van der Waals surface area contributed by atoms with Gasteiger partial charge in [-0.15, -0.1) is 0 Å². The van der Waals surface area contributed by atoms with Crippen LogP contribution in [0, 0.1) is 11.6 Å². The predicted molar refractivity (Wildman–Crippen MR) is 90.9 cm³/mol. The van der Waals surface area contributed by atoms with Crippen LogP contribution in [-0.4, -0.2) is 41.0 Å². The Morgan fingerprint density at radius 2 is 1.81 bits per heavy atom. The van der Waals surface area contributed by atoms with E-state index < -0.39 is 17.5 Å². The molecule has 0 atom stereocenters. The highest BCUT2D eigenvalue weighted by Gasteiger charge is 2.26. The average molecular weight is 360 g/mol. The molecular weight excluding hydrogens is 342 g/mol. The van der Waals surface area contributed by atoms with E-state index in [-0.39, 0.29) is 23.3 Å². The number of amides is 2. The number of carbonyl (C=O) groups excluding carboxylic acids is 2. The number of likely N-dealkylation sites (tertiary alicyclic amines) is 1. The zero-order chi connectivity index (χ0) is 18.7. The number of piperidine rings is 1. The molecule has 1 aliphatic rings. The number of rotatable bonds is 3. The van der Waals surface area contributed by atoms with Crippen LogP contribution in [0.4, 0.5) is 8.78 Å². The first kappa shape index (κ1) is 17.8. The van der Waals surface area contributed by atoms with E-state index in [9.17, 15) is 23.5 Å². The van der Waals surface area contributed by atoms with E-state index in [1.165, 1.54) is 17.0 Å². The van der Waals surface area contributed by atoms with Crippen molar-refractivity contribution in [1.29, 1.82) is 0 Å². The second-order valence-corrected chi connectivity index (χ2v) is 6.21. The van der Waals surface area contributed by atoms with Gasteiger partial charge in [-0.3, -0.25) is 9.59 Å². The summed E-state index contributed by atoms with van der Waals surface area (Å²) in [5.41, 5.74) is 0.200. The third-order valence-corrected chi connectivity index (χ3v) is 4.39. The monoisotopic (exact) mass is 360 g/mol. The van der Waals surface area contributed by atoms with Gasteiger partial charge < -0.3 is 15.3 Å². The summed E-state index contributed by atoms with van der Waals surface area (Å²) in [6.07, 6.45) is 1.05. The van der Waals surface area contributed by atoms with Crippen LogP contribution in [0.15, 0.2) is 42.5 Å². The maximum atomic E-state index is 13.8. The predicted octanol–water partition coefficient (Wildman–Crippen LogP) is 2.71. The highest BCUT2D eigenvalue weighted by Crippen LogP contribution is 2.18. The van der Waals surface area contributed by atoms with Crippen molar-refractivity contribution in [3.05, 3.63) is 65.2 Å². The summed E-state index contributed by atoms with van der Waals surface area (Å²) in [6.45, 7) is 0.723. The minimum absolute atomic E-state index is 0.0133. The van der Waals surface area contributed by atoms with Crippen LogP contribution in [0.25, 0.3) is 0 Å². The number of benzene rings is 2. The van der Waals surface area contributed by atoms with Crippen LogP contribution in [0.2, 0.25) is 0 Å². The number of nitrogens with one attached hydrogen (secondary N) is 1. The molecule has 3 rings (SSSR count). The molecule has 1 saturated heterocycles. The van der Waals surface area contributed by atoms with Crippen LogP contribution in [-0.2, 0) is 0 Å². The number of phenols is 1. The largest absolute Gasteiger partial charge is 0.508 e. The molecular formula is C19H18F2N2O3. The quantitative estimate of drug-likeness (QED) is 0.884. The molecule has 2 aromatic rings. The summed E-state index contributed by atoms with van der Waals surface area (Å²) in [7, 11) is 0. The number of hydrogen-bond donors (Lipinski definition) is 2. The van der Waals surface area contributed by atoms with Crippen molar-refractivity contribution in [1.82, 2.24) is 10.2 Å².